The largest absolute Gasteiger partial charge is 0.497 e. The second kappa shape index (κ2) is 7.54. The Bertz CT molecular complexity index is 371. The van der Waals surface area contributed by atoms with E-state index < -0.39 is 0 Å². The monoisotopic (exact) mass is 261 g/mol. The predicted octanol–water partition coefficient (Wildman–Crippen LogP) is 3.89. The van der Waals surface area contributed by atoms with Gasteiger partial charge in [0.1, 0.15) is 5.75 Å². The minimum absolute atomic E-state index is 0.838. The highest BCUT2D eigenvalue weighted by atomic mass is 16.5. The third-order valence-corrected chi connectivity index (χ3v) is 4.17. The topological polar surface area (TPSA) is 12.5 Å². The van der Waals surface area contributed by atoms with Crippen molar-refractivity contribution in [3.63, 3.8) is 0 Å². The van der Waals surface area contributed by atoms with Crippen LogP contribution in [0.5, 0.6) is 5.75 Å². The summed E-state index contributed by atoms with van der Waals surface area (Å²) in [5.74, 6) is 0.973. The van der Waals surface area contributed by atoms with Crippen LogP contribution in [-0.4, -0.2) is 31.1 Å². The highest BCUT2D eigenvalue weighted by Gasteiger charge is 2.21. The maximum Gasteiger partial charge on any atom is 0.119 e. The van der Waals surface area contributed by atoms with Gasteiger partial charge in [-0.3, -0.25) is 0 Å². The molecular weight excluding hydrogens is 234 g/mol. The smallest absolute Gasteiger partial charge is 0.119 e. The summed E-state index contributed by atoms with van der Waals surface area (Å²) < 4.78 is 5.30. The van der Waals surface area contributed by atoms with Gasteiger partial charge in [-0.05, 0) is 49.9 Å². The van der Waals surface area contributed by atoms with Crippen molar-refractivity contribution in [2.24, 2.45) is 0 Å². The summed E-state index contributed by atoms with van der Waals surface area (Å²) in [5, 5.41) is 0. The lowest BCUT2D eigenvalue weighted by atomic mass is 10.1. The van der Waals surface area contributed by atoms with E-state index in [1.165, 1.54) is 50.8 Å². The number of rotatable bonds is 7. The molecule has 2 rings (SSSR count). The molecule has 0 heterocycles. The zero-order valence-corrected chi connectivity index (χ0v) is 12.4. The van der Waals surface area contributed by atoms with Crippen LogP contribution in [0, 0.1) is 0 Å². The molecule has 2 heteroatoms. The number of ether oxygens (including phenoxy) is 1. The average Bonchev–Trinajstić information content (AvgIpc) is 2.97. The van der Waals surface area contributed by atoms with Crippen LogP contribution in [0.1, 0.15) is 44.6 Å². The van der Waals surface area contributed by atoms with Gasteiger partial charge in [-0.2, -0.15) is 0 Å². The van der Waals surface area contributed by atoms with Gasteiger partial charge in [-0.1, -0.05) is 31.9 Å². The minimum Gasteiger partial charge on any atom is -0.497 e. The molecule has 1 aromatic carbocycles. The number of nitrogens with zero attached hydrogens (tertiary/aromatic N) is 1. The zero-order chi connectivity index (χ0) is 13.5. The summed E-state index contributed by atoms with van der Waals surface area (Å²) in [5.41, 5.74) is 1.39. The Morgan fingerprint density at radius 3 is 2.68 bits per heavy atom. The Labute approximate surface area is 117 Å². The van der Waals surface area contributed by atoms with E-state index in [1.807, 2.05) is 6.07 Å². The van der Waals surface area contributed by atoms with Gasteiger partial charge >= 0.3 is 0 Å². The summed E-state index contributed by atoms with van der Waals surface area (Å²) in [4.78, 5) is 2.70. The summed E-state index contributed by atoms with van der Waals surface area (Å²) in [6.07, 6.45) is 8.03. The fraction of sp³-hybridized carbons (Fsp3) is 0.647. The minimum atomic E-state index is 0.838. The fourth-order valence-electron chi connectivity index (χ4n) is 3.13. The van der Waals surface area contributed by atoms with Crippen LogP contribution in [0.2, 0.25) is 0 Å². The van der Waals surface area contributed by atoms with Crippen molar-refractivity contribution in [1.82, 2.24) is 4.90 Å². The maximum atomic E-state index is 5.30. The second-order valence-electron chi connectivity index (χ2n) is 5.58. The van der Waals surface area contributed by atoms with Gasteiger partial charge in [-0.15, -0.1) is 0 Å². The molecule has 0 spiro atoms. The molecule has 106 valence electrons. The molecule has 1 aliphatic rings. The number of hydrogen-bond donors (Lipinski definition) is 0. The van der Waals surface area contributed by atoms with Crippen LogP contribution < -0.4 is 4.74 Å². The van der Waals surface area contributed by atoms with E-state index in [1.54, 1.807) is 7.11 Å². The molecular formula is C17H27NO. The standard InChI is InChI=1S/C17H27NO/c1-3-12-18(16-8-4-5-9-16)13-11-15-7-6-10-17(14-15)19-2/h6-7,10,14,16H,3-5,8-9,11-13H2,1-2H3. The van der Waals surface area contributed by atoms with Gasteiger partial charge in [0, 0.05) is 12.6 Å². The van der Waals surface area contributed by atoms with E-state index in [9.17, 15) is 0 Å². The Balaban J connectivity index is 1.89. The number of methoxy groups -OCH3 is 1. The van der Waals surface area contributed by atoms with Crippen LogP contribution in [0.3, 0.4) is 0 Å². The molecule has 0 amide bonds. The average molecular weight is 261 g/mol. The quantitative estimate of drug-likeness (QED) is 0.738. The van der Waals surface area contributed by atoms with Crippen LogP contribution >= 0.6 is 0 Å². The molecule has 0 unspecified atom stereocenters. The van der Waals surface area contributed by atoms with Crippen LogP contribution in [0.25, 0.3) is 0 Å². The molecule has 1 aromatic rings. The summed E-state index contributed by atoms with van der Waals surface area (Å²) in [7, 11) is 1.74. The van der Waals surface area contributed by atoms with Crippen molar-refractivity contribution in [2.75, 3.05) is 20.2 Å². The van der Waals surface area contributed by atoms with Crippen molar-refractivity contribution in [3.05, 3.63) is 29.8 Å². The molecule has 19 heavy (non-hydrogen) atoms. The highest BCUT2D eigenvalue weighted by Crippen LogP contribution is 2.24. The molecule has 0 radical (unpaired) electrons. The van der Waals surface area contributed by atoms with Crippen molar-refractivity contribution < 1.29 is 4.74 Å². The van der Waals surface area contributed by atoms with Gasteiger partial charge in [0.05, 0.1) is 7.11 Å². The highest BCUT2D eigenvalue weighted by molar-refractivity contribution is 5.28. The van der Waals surface area contributed by atoms with Crippen LogP contribution in [0.4, 0.5) is 0 Å². The normalized spacial score (nSPS) is 16.2. The van der Waals surface area contributed by atoms with Gasteiger partial charge < -0.3 is 9.64 Å². The van der Waals surface area contributed by atoms with Crippen molar-refractivity contribution >= 4 is 0 Å². The lowest BCUT2D eigenvalue weighted by Crippen LogP contribution is -2.35. The second-order valence-corrected chi connectivity index (χ2v) is 5.58. The molecule has 0 aromatic heterocycles. The van der Waals surface area contributed by atoms with E-state index in [-0.39, 0.29) is 0 Å². The first kappa shape index (κ1) is 14.4. The molecule has 0 N–H and O–H groups in total. The zero-order valence-electron chi connectivity index (χ0n) is 12.4. The van der Waals surface area contributed by atoms with Gasteiger partial charge in [0.2, 0.25) is 0 Å². The summed E-state index contributed by atoms with van der Waals surface area (Å²) >= 11 is 0. The number of hydrogen-bond acceptors (Lipinski definition) is 2. The molecule has 0 bridgehead atoms. The first-order valence-corrected chi connectivity index (χ1v) is 7.70. The third kappa shape index (κ3) is 4.24. The van der Waals surface area contributed by atoms with Crippen molar-refractivity contribution in [2.45, 2.75) is 51.5 Å². The van der Waals surface area contributed by atoms with Gasteiger partial charge in [0.25, 0.3) is 0 Å². The van der Waals surface area contributed by atoms with E-state index in [2.05, 4.69) is 30.0 Å². The Kier molecular flexibility index (Phi) is 5.71. The Morgan fingerprint density at radius 1 is 1.21 bits per heavy atom. The molecule has 0 saturated heterocycles. The van der Waals surface area contributed by atoms with Crippen LogP contribution in [0.15, 0.2) is 24.3 Å². The van der Waals surface area contributed by atoms with Gasteiger partial charge in [0.15, 0.2) is 0 Å². The maximum absolute atomic E-state index is 5.30. The fourth-order valence-corrected chi connectivity index (χ4v) is 3.13. The van der Waals surface area contributed by atoms with E-state index in [0.29, 0.717) is 0 Å². The molecule has 1 aliphatic carbocycles. The first-order chi connectivity index (χ1) is 9.33. The third-order valence-electron chi connectivity index (χ3n) is 4.17. The van der Waals surface area contributed by atoms with Gasteiger partial charge in [-0.25, -0.2) is 0 Å². The predicted molar refractivity (Wildman–Crippen MR) is 80.8 cm³/mol. The Morgan fingerprint density at radius 2 is 2.00 bits per heavy atom. The molecule has 1 saturated carbocycles. The lowest BCUT2D eigenvalue weighted by molar-refractivity contribution is 0.201. The summed E-state index contributed by atoms with van der Waals surface area (Å²) in [6, 6.07) is 9.32. The van der Waals surface area contributed by atoms with Crippen molar-refractivity contribution in [3.8, 4) is 5.75 Å². The van der Waals surface area contributed by atoms with E-state index in [4.69, 9.17) is 4.74 Å². The number of benzene rings is 1. The van der Waals surface area contributed by atoms with E-state index >= 15 is 0 Å². The molecule has 0 atom stereocenters. The SMILES string of the molecule is CCCN(CCc1cccc(OC)c1)C1CCCC1. The lowest BCUT2D eigenvalue weighted by Gasteiger charge is -2.28. The summed E-state index contributed by atoms with van der Waals surface area (Å²) in [6.45, 7) is 4.72. The Hall–Kier alpha value is -1.02. The molecule has 1 fully saturated rings. The van der Waals surface area contributed by atoms with Crippen molar-refractivity contribution in [1.29, 1.82) is 0 Å². The molecule has 0 aliphatic heterocycles. The first-order valence-electron chi connectivity index (χ1n) is 7.70. The molecule has 2 nitrogen and oxygen atoms in total. The van der Waals surface area contributed by atoms with Crippen LogP contribution in [-0.2, 0) is 6.42 Å². The van der Waals surface area contributed by atoms with E-state index in [0.717, 1.165) is 18.2 Å².